The lowest BCUT2D eigenvalue weighted by molar-refractivity contribution is -0.123. The zero-order chi connectivity index (χ0) is 11.8. The third kappa shape index (κ3) is 5.00. The van der Waals surface area contributed by atoms with Crippen molar-refractivity contribution in [2.45, 2.75) is 6.42 Å². The zero-order valence-electron chi connectivity index (χ0n) is 9.85. The Labute approximate surface area is 96.2 Å². The van der Waals surface area contributed by atoms with Gasteiger partial charge in [0, 0.05) is 32.0 Å². The molecule has 88 valence electrons. The van der Waals surface area contributed by atoms with Gasteiger partial charge in [-0.1, -0.05) is 6.07 Å². The van der Waals surface area contributed by atoms with Crippen molar-refractivity contribution >= 4 is 5.78 Å². The van der Waals surface area contributed by atoms with E-state index in [2.05, 4.69) is 4.98 Å². The van der Waals surface area contributed by atoms with Crippen LogP contribution >= 0.6 is 0 Å². The van der Waals surface area contributed by atoms with Crippen LogP contribution in [0.1, 0.15) is 5.69 Å². The van der Waals surface area contributed by atoms with Crippen LogP contribution in [-0.4, -0.2) is 49.5 Å². The lowest BCUT2D eigenvalue weighted by Gasteiger charge is -2.14. The number of hydrogen-bond acceptors (Lipinski definition) is 4. The molecule has 0 aliphatic carbocycles. The monoisotopic (exact) mass is 222 g/mol. The number of nitrogens with zero attached hydrogens (tertiary/aromatic N) is 2. The first-order chi connectivity index (χ1) is 7.72. The Kier molecular flexibility index (Phi) is 5.67. The smallest absolute Gasteiger partial charge is 0.172 e. The predicted molar refractivity (Wildman–Crippen MR) is 62.3 cm³/mol. The molecule has 0 amide bonds. The number of hydrogen-bond donors (Lipinski definition) is 0. The maximum Gasteiger partial charge on any atom is 0.172 e. The number of carbonyl (C=O) groups excluding carboxylic acids is 1. The van der Waals surface area contributed by atoms with Crippen molar-refractivity contribution in [1.82, 2.24) is 9.88 Å². The lowest BCUT2D eigenvalue weighted by Crippen LogP contribution is -2.30. The molecule has 0 saturated carbocycles. The highest BCUT2D eigenvalue weighted by molar-refractivity contribution is 5.81. The van der Waals surface area contributed by atoms with Crippen LogP contribution in [0.3, 0.4) is 0 Å². The Bertz CT molecular complexity index is 314. The van der Waals surface area contributed by atoms with Crippen LogP contribution in [0, 0.1) is 0 Å². The number of methoxy groups -OCH3 is 1. The molecule has 1 heterocycles. The van der Waals surface area contributed by atoms with Crippen molar-refractivity contribution < 1.29 is 9.53 Å². The van der Waals surface area contributed by atoms with E-state index in [4.69, 9.17) is 4.74 Å². The molecule has 0 aliphatic heterocycles. The summed E-state index contributed by atoms with van der Waals surface area (Å²) in [5.74, 6) is 0.103. The van der Waals surface area contributed by atoms with E-state index in [1.54, 1.807) is 6.20 Å². The highest BCUT2D eigenvalue weighted by Gasteiger charge is 2.06. The Morgan fingerprint density at radius 3 is 2.94 bits per heavy atom. The first-order valence-electron chi connectivity index (χ1n) is 5.31. The minimum Gasteiger partial charge on any atom is -0.377 e. The molecule has 1 aromatic rings. The van der Waals surface area contributed by atoms with Gasteiger partial charge >= 0.3 is 0 Å². The number of rotatable bonds is 7. The van der Waals surface area contributed by atoms with Gasteiger partial charge in [0.25, 0.3) is 0 Å². The maximum atomic E-state index is 11.3. The minimum absolute atomic E-state index is 0.103. The van der Waals surface area contributed by atoms with Crippen molar-refractivity contribution in [2.75, 3.05) is 33.9 Å². The molecule has 1 aromatic heterocycles. The van der Waals surface area contributed by atoms with Crippen molar-refractivity contribution in [1.29, 1.82) is 0 Å². The van der Waals surface area contributed by atoms with Crippen LogP contribution in [0.25, 0.3) is 0 Å². The number of aromatic nitrogens is 1. The second-order valence-electron chi connectivity index (χ2n) is 3.78. The summed E-state index contributed by atoms with van der Waals surface area (Å²) in [5, 5.41) is 0. The number of carbonyl (C=O) groups is 1. The molecule has 0 aromatic carbocycles. The fourth-order valence-electron chi connectivity index (χ4n) is 1.44. The van der Waals surface area contributed by atoms with Crippen LogP contribution in [0.5, 0.6) is 0 Å². The van der Waals surface area contributed by atoms with Crippen molar-refractivity contribution in [3.05, 3.63) is 30.1 Å². The van der Waals surface area contributed by atoms with Gasteiger partial charge in [0.1, 0.15) is 6.61 Å². The Balaban J connectivity index is 2.25. The number of likely N-dealkylation sites (N-methyl/N-ethyl adjacent to an activating group) is 1. The van der Waals surface area contributed by atoms with Gasteiger partial charge in [0.15, 0.2) is 5.78 Å². The molecule has 1 rings (SSSR count). The Hall–Kier alpha value is -1.26. The quantitative estimate of drug-likeness (QED) is 0.683. The largest absolute Gasteiger partial charge is 0.377 e. The molecular weight excluding hydrogens is 204 g/mol. The minimum atomic E-state index is 0.103. The van der Waals surface area contributed by atoms with E-state index in [9.17, 15) is 4.79 Å². The molecule has 4 heteroatoms. The number of ether oxygens (including phenoxy) is 1. The van der Waals surface area contributed by atoms with E-state index in [-0.39, 0.29) is 12.4 Å². The van der Waals surface area contributed by atoms with Gasteiger partial charge in [0.2, 0.25) is 0 Å². The fraction of sp³-hybridized carbons (Fsp3) is 0.500. The van der Waals surface area contributed by atoms with Crippen molar-refractivity contribution in [3.8, 4) is 0 Å². The SMILES string of the molecule is COCC(=O)CN(C)CCc1ccccn1. The van der Waals surface area contributed by atoms with Crippen LogP contribution in [-0.2, 0) is 16.0 Å². The van der Waals surface area contributed by atoms with Crippen LogP contribution in [0.2, 0.25) is 0 Å². The van der Waals surface area contributed by atoms with Gasteiger partial charge in [-0.3, -0.25) is 14.7 Å². The highest BCUT2D eigenvalue weighted by atomic mass is 16.5. The van der Waals surface area contributed by atoms with Gasteiger partial charge in [0.05, 0.1) is 6.54 Å². The van der Waals surface area contributed by atoms with E-state index in [0.717, 1.165) is 18.7 Å². The summed E-state index contributed by atoms with van der Waals surface area (Å²) < 4.78 is 4.78. The Morgan fingerprint density at radius 1 is 1.50 bits per heavy atom. The molecule has 0 spiro atoms. The predicted octanol–water partition coefficient (Wildman–Crippen LogP) is 0.771. The first kappa shape index (κ1) is 12.8. The first-order valence-corrected chi connectivity index (χ1v) is 5.31. The van der Waals surface area contributed by atoms with Crippen LogP contribution in [0.4, 0.5) is 0 Å². The average molecular weight is 222 g/mol. The number of Topliss-reactive ketones (excluding diaryl/α,β-unsaturated/α-hetero) is 1. The Morgan fingerprint density at radius 2 is 2.31 bits per heavy atom. The van der Waals surface area contributed by atoms with Crippen molar-refractivity contribution in [2.24, 2.45) is 0 Å². The second-order valence-corrected chi connectivity index (χ2v) is 3.78. The third-order valence-corrected chi connectivity index (χ3v) is 2.23. The zero-order valence-corrected chi connectivity index (χ0v) is 9.85. The van der Waals surface area contributed by atoms with Gasteiger partial charge in [-0.25, -0.2) is 0 Å². The summed E-state index contributed by atoms with van der Waals surface area (Å²) in [5.41, 5.74) is 1.05. The topological polar surface area (TPSA) is 42.4 Å². The van der Waals surface area contributed by atoms with E-state index in [1.807, 2.05) is 30.1 Å². The molecule has 0 saturated heterocycles. The third-order valence-electron chi connectivity index (χ3n) is 2.23. The fourth-order valence-corrected chi connectivity index (χ4v) is 1.44. The molecule has 16 heavy (non-hydrogen) atoms. The van der Waals surface area contributed by atoms with Crippen LogP contribution in [0.15, 0.2) is 24.4 Å². The van der Waals surface area contributed by atoms with Crippen molar-refractivity contribution in [3.63, 3.8) is 0 Å². The average Bonchev–Trinajstić information content (AvgIpc) is 2.28. The van der Waals surface area contributed by atoms with E-state index < -0.39 is 0 Å². The summed E-state index contributed by atoms with van der Waals surface area (Å²) >= 11 is 0. The van der Waals surface area contributed by atoms with Gasteiger partial charge in [-0.2, -0.15) is 0 Å². The molecule has 0 fully saturated rings. The molecule has 0 N–H and O–H groups in total. The summed E-state index contributed by atoms with van der Waals surface area (Å²) in [6.45, 7) is 1.45. The summed E-state index contributed by atoms with van der Waals surface area (Å²) in [6.07, 6.45) is 2.64. The summed E-state index contributed by atoms with van der Waals surface area (Å²) in [6, 6.07) is 5.86. The molecular formula is C12H18N2O2. The molecule has 4 nitrogen and oxygen atoms in total. The normalized spacial score (nSPS) is 10.7. The lowest BCUT2D eigenvalue weighted by atomic mass is 10.2. The van der Waals surface area contributed by atoms with Gasteiger partial charge < -0.3 is 4.74 Å². The molecule has 0 radical (unpaired) electrons. The van der Waals surface area contributed by atoms with Gasteiger partial charge in [-0.15, -0.1) is 0 Å². The van der Waals surface area contributed by atoms with Crippen LogP contribution < -0.4 is 0 Å². The van der Waals surface area contributed by atoms with E-state index >= 15 is 0 Å². The highest BCUT2D eigenvalue weighted by Crippen LogP contribution is 1.96. The standard InChI is InChI=1S/C12H18N2O2/c1-14(9-12(15)10-16-2)8-6-11-5-3-4-7-13-11/h3-5,7H,6,8-10H2,1-2H3. The molecule has 0 bridgehead atoms. The summed E-state index contributed by atoms with van der Waals surface area (Å²) in [7, 11) is 3.46. The molecule has 0 atom stereocenters. The molecule has 0 aliphatic rings. The van der Waals surface area contributed by atoms with Gasteiger partial charge in [-0.05, 0) is 19.2 Å². The van der Waals surface area contributed by atoms with E-state index in [1.165, 1.54) is 7.11 Å². The summed E-state index contributed by atoms with van der Waals surface area (Å²) in [4.78, 5) is 17.5. The maximum absolute atomic E-state index is 11.3. The van der Waals surface area contributed by atoms with E-state index in [0.29, 0.717) is 6.54 Å². The number of pyridine rings is 1. The second kappa shape index (κ2) is 7.09. The molecule has 0 unspecified atom stereocenters. The number of ketones is 1.